The summed E-state index contributed by atoms with van der Waals surface area (Å²) in [6.45, 7) is 8.05. The predicted octanol–water partition coefficient (Wildman–Crippen LogP) is 6.43. The lowest BCUT2D eigenvalue weighted by atomic mass is 9.62. The second kappa shape index (κ2) is 20.3. The van der Waals surface area contributed by atoms with Crippen molar-refractivity contribution in [3.63, 3.8) is 0 Å². The molecular formula is C47H71ClN2O11. The number of aliphatic hydroxyl groups is 1. The van der Waals surface area contributed by atoms with Crippen LogP contribution in [0.15, 0.2) is 35.9 Å². The first-order valence-corrected chi connectivity index (χ1v) is 23.2. The number of nitrogens with one attached hydrogen (secondary N) is 1. The summed E-state index contributed by atoms with van der Waals surface area (Å²) in [5.41, 5.74) is 1.42. The molecule has 0 bridgehead atoms. The van der Waals surface area contributed by atoms with Crippen LogP contribution in [0, 0.1) is 35.5 Å². The van der Waals surface area contributed by atoms with E-state index in [2.05, 4.69) is 37.3 Å². The van der Waals surface area contributed by atoms with Crippen molar-refractivity contribution < 1.29 is 52.6 Å². The van der Waals surface area contributed by atoms with E-state index in [9.17, 15) is 9.90 Å². The molecule has 342 valence electrons. The van der Waals surface area contributed by atoms with Crippen molar-refractivity contribution in [2.75, 3.05) is 40.7 Å². The molecule has 14 heteroatoms. The predicted molar refractivity (Wildman–Crippen MR) is 230 cm³/mol. The van der Waals surface area contributed by atoms with Crippen LogP contribution in [-0.4, -0.2) is 137 Å². The summed E-state index contributed by atoms with van der Waals surface area (Å²) in [7, 11) is 9.04. The van der Waals surface area contributed by atoms with E-state index in [0.717, 1.165) is 24.9 Å². The second-order valence-corrected chi connectivity index (χ2v) is 19.2. The average molecular weight is 876 g/mol. The number of methoxy groups -OCH3 is 3. The third-order valence-corrected chi connectivity index (χ3v) is 15.3. The molecule has 19 atom stereocenters. The zero-order chi connectivity index (χ0) is 43.7. The fraction of sp³-hybridized carbons (Fsp3) is 0.787. The van der Waals surface area contributed by atoms with Gasteiger partial charge in [0.15, 0.2) is 18.4 Å². The van der Waals surface area contributed by atoms with Crippen molar-refractivity contribution in [3.05, 3.63) is 40.9 Å². The van der Waals surface area contributed by atoms with Gasteiger partial charge < -0.3 is 53.2 Å². The quantitative estimate of drug-likeness (QED) is 0.236. The number of nitrogens with zero attached hydrogens (tertiary/aromatic N) is 1. The number of hydrogen-bond donors (Lipinski definition) is 2. The molecule has 5 fully saturated rings. The third-order valence-electron chi connectivity index (χ3n) is 15.1. The molecular weight excluding hydrogens is 804 g/mol. The summed E-state index contributed by atoms with van der Waals surface area (Å²) in [5.74, 6) is -1.96. The molecule has 1 aromatic rings. The van der Waals surface area contributed by atoms with Gasteiger partial charge in [-0.05, 0) is 133 Å². The number of fused-ring (bicyclic) bond motifs is 5. The molecule has 61 heavy (non-hydrogen) atoms. The molecule has 3 heterocycles. The normalized spacial score (nSPS) is 43.3. The van der Waals surface area contributed by atoms with Gasteiger partial charge in [-0.2, -0.15) is 0 Å². The van der Waals surface area contributed by atoms with Gasteiger partial charge in [0.25, 0.3) is 0 Å². The zero-order valence-electron chi connectivity index (χ0n) is 37.6. The first-order valence-electron chi connectivity index (χ1n) is 22.8. The summed E-state index contributed by atoms with van der Waals surface area (Å²) in [6, 6.07) is 7.23. The van der Waals surface area contributed by atoms with E-state index in [1.165, 1.54) is 0 Å². The Morgan fingerprint density at radius 3 is 2.23 bits per heavy atom. The highest BCUT2D eigenvalue weighted by Crippen LogP contribution is 2.57. The van der Waals surface area contributed by atoms with E-state index in [1.54, 1.807) is 21.3 Å². The summed E-state index contributed by atoms with van der Waals surface area (Å²) < 4.78 is 50.1. The highest BCUT2D eigenvalue weighted by molar-refractivity contribution is 6.30. The van der Waals surface area contributed by atoms with Gasteiger partial charge in [0.05, 0.1) is 43.0 Å². The summed E-state index contributed by atoms with van der Waals surface area (Å²) in [5, 5.41) is 16.9. The van der Waals surface area contributed by atoms with Crippen molar-refractivity contribution in [1.82, 2.24) is 4.90 Å². The van der Waals surface area contributed by atoms with E-state index in [4.69, 9.17) is 49.5 Å². The Morgan fingerprint density at radius 1 is 0.869 bits per heavy atom. The number of allylic oxidation sites excluding steroid dienone is 2. The zero-order valence-corrected chi connectivity index (χ0v) is 38.3. The number of benzene rings is 1. The van der Waals surface area contributed by atoms with Gasteiger partial charge in [0, 0.05) is 49.9 Å². The van der Waals surface area contributed by atoms with Crippen molar-refractivity contribution in [2.24, 2.45) is 35.5 Å². The van der Waals surface area contributed by atoms with E-state index >= 15 is 4.79 Å². The van der Waals surface area contributed by atoms with E-state index in [1.807, 2.05) is 45.0 Å². The molecule has 13 nitrogen and oxygen atoms in total. The summed E-state index contributed by atoms with van der Waals surface area (Å²) in [4.78, 5) is 31.4. The van der Waals surface area contributed by atoms with Gasteiger partial charge in [-0.1, -0.05) is 31.5 Å². The fourth-order valence-corrected chi connectivity index (χ4v) is 12.1. The Morgan fingerprint density at radius 2 is 1.57 bits per heavy atom. The van der Waals surface area contributed by atoms with Gasteiger partial charge >= 0.3 is 5.97 Å². The first kappa shape index (κ1) is 46.8. The number of anilines is 1. The topological polar surface area (TPSA) is 143 Å². The lowest BCUT2D eigenvalue weighted by Crippen LogP contribution is -2.59. The fourth-order valence-electron chi connectivity index (χ4n) is 11.9. The Hall–Kier alpha value is -2.17. The van der Waals surface area contributed by atoms with E-state index in [0.29, 0.717) is 48.7 Å². The number of esters is 1. The lowest BCUT2D eigenvalue weighted by molar-refractivity contribution is -0.314. The van der Waals surface area contributed by atoms with Gasteiger partial charge in [-0.25, -0.2) is 0 Å². The Labute approximate surface area is 367 Å². The van der Waals surface area contributed by atoms with Gasteiger partial charge in [0.1, 0.15) is 24.4 Å². The standard InChI is InChI=1S/C47H71ClN2O11/c1-10-29-12-11-13-37(61-39-19-18-36(50(5)6)25(3)57-39)24(2)42(52)35-22-32-31-20-30(60-47-46(56-9)45(55-8)44(54-7)26(4)58-47)21-34(31)43(53)41(40(32)33(35)23-38(51)59-29)49-28-16-14-27(48)15-17-28/h14-17,22,24-26,29-34,36-37,39-41,43-47,49,53H,10-13,18-21,23H2,1-9H3/t24-,25?,26?,29+,30+,31+,32+,33-,34-,36+,37+,39+,40-,41-,43-,44+,45?,46+,47+/m1/s1. The molecule has 0 radical (unpaired) electrons. The number of ether oxygens (including phenoxy) is 8. The maximum Gasteiger partial charge on any atom is 0.306 e. The SMILES string of the molecule is CC[C@H]1CCC[C@H](O[C@H]2CC[C@H](N(C)C)C(C)O2)[C@@H](C)C(=O)C2=C[C@H]3[C@@H]4C[C@H](O[C@@H]5OC(C)[C@H](OC)C(OC)[C@@H]5OC)C[C@H]4[C@@H](O)[C@H](Nc4ccc(Cl)cc4)[C@H]3[C@@H]2CC(=O)O1. The molecule has 0 amide bonds. The molecule has 7 rings (SSSR count). The molecule has 3 saturated heterocycles. The average Bonchev–Trinajstić information content (AvgIpc) is 3.82. The first-order chi connectivity index (χ1) is 29.3. The Bertz CT molecular complexity index is 1660. The number of likely N-dealkylation sites (N-methyl/N-ethyl adjacent to an activating group) is 1. The smallest absolute Gasteiger partial charge is 0.306 e. The molecule has 3 aliphatic heterocycles. The Kier molecular flexibility index (Phi) is 15.6. The maximum absolute atomic E-state index is 15.2. The van der Waals surface area contributed by atoms with Crippen molar-refractivity contribution in [3.8, 4) is 0 Å². The molecule has 3 unspecified atom stereocenters. The molecule has 1 aromatic carbocycles. The number of halogens is 1. The third kappa shape index (κ3) is 9.92. The minimum Gasteiger partial charge on any atom is -0.462 e. The van der Waals surface area contributed by atoms with Crippen LogP contribution in [0.25, 0.3) is 0 Å². The van der Waals surface area contributed by atoms with Crippen LogP contribution in [0.2, 0.25) is 5.02 Å². The van der Waals surface area contributed by atoms with Crippen LogP contribution in [-0.2, 0) is 47.5 Å². The van der Waals surface area contributed by atoms with Crippen molar-refractivity contribution in [2.45, 2.75) is 165 Å². The van der Waals surface area contributed by atoms with Crippen LogP contribution in [0.4, 0.5) is 5.69 Å². The van der Waals surface area contributed by atoms with Crippen LogP contribution in [0.5, 0.6) is 0 Å². The highest BCUT2D eigenvalue weighted by atomic mass is 35.5. The number of Topliss-reactive ketones (excluding diaryl/α,β-unsaturated/α-hetero) is 1. The number of ketones is 1. The summed E-state index contributed by atoms with van der Waals surface area (Å²) in [6.07, 6.45) is 3.34. The monoisotopic (exact) mass is 874 g/mol. The van der Waals surface area contributed by atoms with Gasteiger partial charge in [-0.15, -0.1) is 0 Å². The van der Waals surface area contributed by atoms with Crippen LogP contribution >= 0.6 is 11.6 Å². The highest BCUT2D eigenvalue weighted by Gasteiger charge is 2.60. The van der Waals surface area contributed by atoms with E-state index < -0.39 is 48.8 Å². The Balaban J connectivity index is 1.21. The van der Waals surface area contributed by atoms with Crippen molar-refractivity contribution in [1.29, 1.82) is 0 Å². The minimum absolute atomic E-state index is 0.0132. The molecule has 2 N–H and O–H groups in total. The number of carbonyl (C=O) groups excluding carboxylic acids is 2. The summed E-state index contributed by atoms with van der Waals surface area (Å²) >= 11 is 6.31. The van der Waals surface area contributed by atoms with E-state index in [-0.39, 0.29) is 78.5 Å². The molecule has 3 aliphatic carbocycles. The van der Waals surface area contributed by atoms with Crippen LogP contribution in [0.3, 0.4) is 0 Å². The maximum atomic E-state index is 15.2. The van der Waals surface area contributed by atoms with Crippen LogP contribution in [0.1, 0.15) is 85.5 Å². The number of hydrogen-bond acceptors (Lipinski definition) is 13. The minimum atomic E-state index is -0.821. The molecule has 0 spiro atoms. The number of rotatable bonds is 11. The van der Waals surface area contributed by atoms with Crippen molar-refractivity contribution >= 4 is 29.0 Å². The molecule has 2 saturated carbocycles. The number of aliphatic hydroxyl groups excluding tert-OH is 1. The van der Waals surface area contributed by atoms with Gasteiger partial charge in [-0.3, -0.25) is 9.59 Å². The van der Waals surface area contributed by atoms with Crippen LogP contribution < -0.4 is 5.32 Å². The number of cyclic esters (lactones) is 1. The molecule has 6 aliphatic rings. The largest absolute Gasteiger partial charge is 0.462 e. The molecule has 0 aromatic heterocycles. The second-order valence-electron chi connectivity index (χ2n) is 18.8. The van der Waals surface area contributed by atoms with Gasteiger partial charge in [0.2, 0.25) is 0 Å². The number of carbonyl (C=O) groups is 2. The lowest BCUT2D eigenvalue weighted by Gasteiger charge is -2.47.